The van der Waals surface area contributed by atoms with Crippen LogP contribution in [0.2, 0.25) is 0 Å². The summed E-state index contributed by atoms with van der Waals surface area (Å²) in [7, 11) is 0. The standard InChI is InChI=1S/C11H15F3N2/c12-11(13,14)9(7-15)6-10(16)8-4-2-1-3-5-8/h1-5,9-10H,6-7,15-16H2/t9-,10-/m1/s1. The minimum atomic E-state index is -4.28. The lowest BCUT2D eigenvalue weighted by Gasteiger charge is -2.22. The van der Waals surface area contributed by atoms with E-state index in [4.69, 9.17) is 11.5 Å². The van der Waals surface area contributed by atoms with Crippen molar-refractivity contribution < 1.29 is 13.2 Å². The molecular weight excluding hydrogens is 217 g/mol. The number of nitrogens with two attached hydrogens (primary N) is 2. The van der Waals surface area contributed by atoms with E-state index in [1.54, 1.807) is 30.3 Å². The van der Waals surface area contributed by atoms with E-state index in [1.165, 1.54) is 0 Å². The molecule has 90 valence electrons. The highest BCUT2D eigenvalue weighted by Crippen LogP contribution is 2.31. The van der Waals surface area contributed by atoms with E-state index < -0.39 is 24.7 Å². The summed E-state index contributed by atoms with van der Waals surface area (Å²) in [4.78, 5) is 0. The monoisotopic (exact) mass is 232 g/mol. The molecule has 0 aliphatic carbocycles. The summed E-state index contributed by atoms with van der Waals surface area (Å²) < 4.78 is 37.4. The van der Waals surface area contributed by atoms with Crippen molar-refractivity contribution in [3.8, 4) is 0 Å². The minimum Gasteiger partial charge on any atom is -0.330 e. The lowest BCUT2D eigenvalue weighted by atomic mass is 9.95. The van der Waals surface area contributed by atoms with Crippen molar-refractivity contribution in [2.75, 3.05) is 6.54 Å². The Kier molecular flexibility index (Phi) is 4.32. The second-order valence-corrected chi connectivity index (χ2v) is 3.73. The Labute approximate surface area is 92.4 Å². The minimum absolute atomic E-state index is 0.177. The van der Waals surface area contributed by atoms with Crippen LogP contribution >= 0.6 is 0 Å². The largest absolute Gasteiger partial charge is 0.393 e. The Morgan fingerprint density at radius 3 is 2.12 bits per heavy atom. The summed E-state index contributed by atoms with van der Waals surface area (Å²) in [5.74, 6) is -1.54. The molecule has 0 aliphatic rings. The first-order valence-electron chi connectivity index (χ1n) is 5.02. The van der Waals surface area contributed by atoms with E-state index in [9.17, 15) is 13.2 Å². The highest BCUT2D eigenvalue weighted by Gasteiger charge is 2.39. The Hall–Kier alpha value is -1.07. The van der Waals surface area contributed by atoms with E-state index in [1.807, 2.05) is 0 Å². The van der Waals surface area contributed by atoms with Gasteiger partial charge in [0.2, 0.25) is 0 Å². The van der Waals surface area contributed by atoms with E-state index in [2.05, 4.69) is 0 Å². The van der Waals surface area contributed by atoms with Gasteiger partial charge in [-0.2, -0.15) is 13.2 Å². The van der Waals surface area contributed by atoms with E-state index in [0.717, 1.165) is 0 Å². The van der Waals surface area contributed by atoms with Crippen molar-refractivity contribution in [3.63, 3.8) is 0 Å². The molecule has 4 N–H and O–H groups in total. The molecule has 0 spiro atoms. The molecule has 0 heterocycles. The van der Waals surface area contributed by atoms with Crippen molar-refractivity contribution >= 4 is 0 Å². The summed E-state index contributed by atoms with van der Waals surface area (Å²) >= 11 is 0. The van der Waals surface area contributed by atoms with E-state index >= 15 is 0 Å². The number of hydrogen-bond acceptors (Lipinski definition) is 2. The maximum Gasteiger partial charge on any atom is 0.393 e. The normalized spacial score (nSPS) is 15.8. The molecule has 0 aromatic heterocycles. The van der Waals surface area contributed by atoms with Crippen LogP contribution in [-0.4, -0.2) is 12.7 Å². The fourth-order valence-electron chi connectivity index (χ4n) is 1.51. The number of hydrogen-bond donors (Lipinski definition) is 2. The van der Waals surface area contributed by atoms with Gasteiger partial charge in [0.15, 0.2) is 0 Å². The van der Waals surface area contributed by atoms with Crippen LogP contribution < -0.4 is 11.5 Å². The zero-order chi connectivity index (χ0) is 12.2. The smallest absolute Gasteiger partial charge is 0.330 e. The first kappa shape index (κ1) is 13.0. The average molecular weight is 232 g/mol. The molecule has 1 aromatic rings. The van der Waals surface area contributed by atoms with Crippen molar-refractivity contribution in [1.29, 1.82) is 0 Å². The molecule has 0 bridgehead atoms. The molecule has 16 heavy (non-hydrogen) atoms. The molecule has 0 saturated heterocycles. The topological polar surface area (TPSA) is 52.0 Å². The van der Waals surface area contributed by atoms with Crippen LogP contribution in [0.25, 0.3) is 0 Å². The van der Waals surface area contributed by atoms with E-state index in [0.29, 0.717) is 5.56 Å². The first-order chi connectivity index (χ1) is 7.45. The van der Waals surface area contributed by atoms with Crippen molar-refractivity contribution in [2.45, 2.75) is 18.6 Å². The van der Waals surface area contributed by atoms with Crippen LogP contribution in [0.5, 0.6) is 0 Å². The third kappa shape index (κ3) is 3.50. The van der Waals surface area contributed by atoms with Gasteiger partial charge in [0, 0.05) is 12.6 Å². The number of rotatable bonds is 4. The molecule has 1 rings (SSSR count). The Morgan fingerprint density at radius 1 is 1.12 bits per heavy atom. The van der Waals surface area contributed by atoms with Gasteiger partial charge in [-0.1, -0.05) is 30.3 Å². The average Bonchev–Trinajstić information content (AvgIpc) is 2.25. The predicted octanol–water partition coefficient (Wildman–Crippen LogP) is 2.21. The Balaban J connectivity index is 2.67. The second-order valence-electron chi connectivity index (χ2n) is 3.73. The highest BCUT2D eigenvalue weighted by atomic mass is 19.4. The SMILES string of the molecule is NC[C@@H](C[C@@H](N)c1ccccc1)C(F)(F)F. The molecule has 0 unspecified atom stereocenters. The molecule has 1 aromatic carbocycles. The van der Waals surface area contributed by atoms with Gasteiger partial charge in [-0.3, -0.25) is 0 Å². The van der Waals surface area contributed by atoms with Gasteiger partial charge in [-0.15, -0.1) is 0 Å². The highest BCUT2D eigenvalue weighted by molar-refractivity contribution is 5.18. The van der Waals surface area contributed by atoms with Gasteiger partial charge in [-0.25, -0.2) is 0 Å². The predicted molar refractivity (Wildman–Crippen MR) is 56.6 cm³/mol. The molecule has 2 nitrogen and oxygen atoms in total. The van der Waals surface area contributed by atoms with Crippen LogP contribution in [0.4, 0.5) is 13.2 Å². The van der Waals surface area contributed by atoms with Crippen molar-refractivity contribution in [1.82, 2.24) is 0 Å². The molecule has 0 saturated carbocycles. The fraction of sp³-hybridized carbons (Fsp3) is 0.455. The quantitative estimate of drug-likeness (QED) is 0.836. The Bertz CT molecular complexity index is 311. The summed E-state index contributed by atoms with van der Waals surface area (Å²) in [6.45, 7) is -0.427. The molecule has 5 heteroatoms. The van der Waals surface area contributed by atoms with Crippen LogP contribution in [0.15, 0.2) is 30.3 Å². The van der Waals surface area contributed by atoms with Crippen LogP contribution in [-0.2, 0) is 0 Å². The maximum atomic E-state index is 12.5. The first-order valence-corrected chi connectivity index (χ1v) is 5.02. The van der Waals surface area contributed by atoms with Crippen LogP contribution in [0.1, 0.15) is 18.0 Å². The fourth-order valence-corrected chi connectivity index (χ4v) is 1.51. The molecule has 2 atom stereocenters. The lowest BCUT2D eigenvalue weighted by molar-refractivity contribution is -0.174. The van der Waals surface area contributed by atoms with Gasteiger partial charge in [-0.05, 0) is 12.0 Å². The zero-order valence-corrected chi connectivity index (χ0v) is 8.74. The molecule has 0 radical (unpaired) electrons. The second kappa shape index (κ2) is 5.32. The molecule has 0 fully saturated rings. The maximum absolute atomic E-state index is 12.5. The zero-order valence-electron chi connectivity index (χ0n) is 8.74. The third-order valence-electron chi connectivity index (χ3n) is 2.51. The number of halogens is 3. The summed E-state index contributed by atoms with van der Waals surface area (Å²) in [5, 5.41) is 0. The number of alkyl halides is 3. The van der Waals surface area contributed by atoms with Gasteiger partial charge in [0.25, 0.3) is 0 Å². The molecular formula is C11H15F3N2. The Morgan fingerprint density at radius 2 is 1.69 bits per heavy atom. The summed E-state index contributed by atoms with van der Waals surface area (Å²) in [6.07, 6.45) is -4.45. The van der Waals surface area contributed by atoms with Crippen LogP contribution in [0.3, 0.4) is 0 Å². The molecule has 0 amide bonds. The van der Waals surface area contributed by atoms with Gasteiger partial charge >= 0.3 is 6.18 Å². The van der Waals surface area contributed by atoms with Gasteiger partial charge in [0.05, 0.1) is 5.92 Å². The third-order valence-corrected chi connectivity index (χ3v) is 2.51. The summed E-state index contributed by atoms with van der Waals surface area (Å²) in [5.41, 5.74) is 11.5. The van der Waals surface area contributed by atoms with Crippen LogP contribution in [0, 0.1) is 5.92 Å². The van der Waals surface area contributed by atoms with Crippen molar-refractivity contribution in [3.05, 3.63) is 35.9 Å². The number of benzene rings is 1. The summed E-state index contributed by atoms with van der Waals surface area (Å²) in [6, 6.07) is 8.10. The van der Waals surface area contributed by atoms with E-state index in [-0.39, 0.29) is 6.42 Å². The molecule has 0 aliphatic heterocycles. The van der Waals surface area contributed by atoms with Crippen molar-refractivity contribution in [2.24, 2.45) is 17.4 Å². The van der Waals surface area contributed by atoms with Gasteiger partial charge < -0.3 is 11.5 Å². The van der Waals surface area contributed by atoms with Gasteiger partial charge in [0.1, 0.15) is 0 Å². The lowest BCUT2D eigenvalue weighted by Crippen LogP contribution is -2.33.